The van der Waals surface area contributed by atoms with E-state index >= 15 is 0 Å². The van der Waals surface area contributed by atoms with Gasteiger partial charge in [-0.25, -0.2) is 0 Å². The third kappa shape index (κ3) is 6.04. The highest BCUT2D eigenvalue weighted by Gasteiger charge is 2.21. The highest BCUT2D eigenvalue weighted by molar-refractivity contribution is 5.94. The number of ether oxygens (including phenoxy) is 3. The quantitative estimate of drug-likeness (QED) is 0.689. The summed E-state index contributed by atoms with van der Waals surface area (Å²) in [6, 6.07) is 15.0. The van der Waals surface area contributed by atoms with Crippen LogP contribution in [0.1, 0.15) is 21.5 Å². The second kappa shape index (κ2) is 10.6. The van der Waals surface area contributed by atoms with Crippen molar-refractivity contribution in [1.82, 2.24) is 10.2 Å². The van der Waals surface area contributed by atoms with E-state index in [4.69, 9.17) is 14.2 Å². The van der Waals surface area contributed by atoms with Gasteiger partial charge in [-0.15, -0.1) is 0 Å². The molecule has 7 heteroatoms. The molecule has 2 amide bonds. The van der Waals surface area contributed by atoms with Crippen molar-refractivity contribution >= 4 is 11.8 Å². The van der Waals surface area contributed by atoms with Gasteiger partial charge in [-0.3, -0.25) is 9.59 Å². The molecule has 0 spiro atoms. The largest absolute Gasteiger partial charge is 0.491 e. The predicted octanol–water partition coefficient (Wildman–Crippen LogP) is 2.00. The molecule has 7 nitrogen and oxygen atoms in total. The maximum atomic E-state index is 12.5. The van der Waals surface area contributed by atoms with Gasteiger partial charge in [-0.05, 0) is 23.8 Å². The number of nitrogens with zero attached hydrogens (tertiary/aromatic N) is 1. The number of hydrogen-bond acceptors (Lipinski definition) is 5. The van der Waals surface area contributed by atoms with E-state index in [9.17, 15) is 9.59 Å². The molecule has 1 aliphatic rings. The summed E-state index contributed by atoms with van der Waals surface area (Å²) in [6.45, 7) is 2.51. The summed E-state index contributed by atoms with van der Waals surface area (Å²) in [5.74, 6) is 0.415. The second-order valence-electron chi connectivity index (χ2n) is 6.70. The Morgan fingerprint density at radius 2 is 1.97 bits per heavy atom. The molecule has 0 saturated carbocycles. The minimum Gasteiger partial charge on any atom is -0.491 e. The molecule has 2 aromatic rings. The molecule has 0 aromatic heterocycles. The van der Waals surface area contributed by atoms with Crippen molar-refractivity contribution < 1.29 is 23.8 Å². The number of rotatable bonds is 8. The summed E-state index contributed by atoms with van der Waals surface area (Å²) >= 11 is 0. The Kier molecular flexibility index (Phi) is 7.61. The number of fused-ring (bicyclic) bond motifs is 1. The third-order valence-corrected chi connectivity index (χ3v) is 4.61. The van der Waals surface area contributed by atoms with Crippen molar-refractivity contribution in [3.63, 3.8) is 0 Å². The molecule has 29 heavy (non-hydrogen) atoms. The molecule has 3 rings (SSSR count). The zero-order valence-electron chi connectivity index (χ0n) is 16.6. The molecule has 1 aliphatic heterocycles. The number of carbonyl (C=O) groups is 2. The molecule has 0 aliphatic carbocycles. The van der Waals surface area contributed by atoms with E-state index < -0.39 is 0 Å². The molecule has 0 atom stereocenters. The highest BCUT2D eigenvalue weighted by Crippen LogP contribution is 2.24. The van der Waals surface area contributed by atoms with Crippen molar-refractivity contribution in [2.75, 3.05) is 40.1 Å². The van der Waals surface area contributed by atoms with Crippen LogP contribution in [0.25, 0.3) is 0 Å². The molecule has 0 radical (unpaired) electrons. The number of benzene rings is 2. The summed E-state index contributed by atoms with van der Waals surface area (Å²) < 4.78 is 16.0. The third-order valence-electron chi connectivity index (χ3n) is 4.61. The van der Waals surface area contributed by atoms with Gasteiger partial charge in [0.25, 0.3) is 5.91 Å². The Morgan fingerprint density at radius 1 is 1.14 bits per heavy atom. The summed E-state index contributed by atoms with van der Waals surface area (Å²) in [6.07, 6.45) is 0. The average molecular weight is 398 g/mol. The molecule has 0 unspecified atom stereocenters. The first-order chi connectivity index (χ1) is 14.2. The lowest BCUT2D eigenvalue weighted by Gasteiger charge is -2.20. The molecule has 2 aromatic carbocycles. The van der Waals surface area contributed by atoms with Gasteiger partial charge in [0.1, 0.15) is 19.0 Å². The van der Waals surface area contributed by atoms with E-state index in [1.165, 1.54) is 0 Å². The zero-order chi connectivity index (χ0) is 20.5. The molecule has 0 fully saturated rings. The lowest BCUT2D eigenvalue weighted by atomic mass is 10.1. The number of amides is 2. The van der Waals surface area contributed by atoms with Crippen molar-refractivity contribution in [2.45, 2.75) is 13.1 Å². The van der Waals surface area contributed by atoms with E-state index in [0.717, 1.165) is 11.1 Å². The Balaban J connectivity index is 1.62. The van der Waals surface area contributed by atoms with Crippen LogP contribution in [0.3, 0.4) is 0 Å². The summed E-state index contributed by atoms with van der Waals surface area (Å²) in [5.41, 5.74) is 2.37. The molecular weight excluding hydrogens is 372 g/mol. The fraction of sp³-hybridized carbons (Fsp3) is 0.364. The first kappa shape index (κ1) is 20.8. The highest BCUT2D eigenvalue weighted by atomic mass is 16.5. The van der Waals surface area contributed by atoms with Gasteiger partial charge in [0.2, 0.25) is 5.91 Å². The van der Waals surface area contributed by atoms with Gasteiger partial charge in [0.15, 0.2) is 0 Å². The fourth-order valence-electron chi connectivity index (χ4n) is 3.02. The lowest BCUT2D eigenvalue weighted by Crippen LogP contribution is -2.35. The summed E-state index contributed by atoms with van der Waals surface area (Å²) in [5, 5.41) is 2.92. The van der Waals surface area contributed by atoms with E-state index in [1.54, 1.807) is 30.2 Å². The van der Waals surface area contributed by atoms with Crippen molar-refractivity contribution in [3.8, 4) is 5.75 Å². The van der Waals surface area contributed by atoms with Crippen LogP contribution in [0.15, 0.2) is 48.5 Å². The number of methoxy groups -OCH3 is 1. The molecule has 1 heterocycles. The van der Waals surface area contributed by atoms with Gasteiger partial charge in [-0.1, -0.05) is 30.3 Å². The number of hydrogen-bond donors (Lipinski definition) is 1. The first-order valence-corrected chi connectivity index (χ1v) is 9.59. The van der Waals surface area contributed by atoms with Gasteiger partial charge >= 0.3 is 0 Å². The predicted molar refractivity (Wildman–Crippen MR) is 108 cm³/mol. The zero-order valence-corrected chi connectivity index (χ0v) is 16.6. The van der Waals surface area contributed by atoms with Gasteiger partial charge in [0.05, 0.1) is 19.8 Å². The maximum absolute atomic E-state index is 12.5. The minimum atomic E-state index is -0.165. The normalized spacial score (nSPS) is 13.2. The summed E-state index contributed by atoms with van der Waals surface area (Å²) in [7, 11) is 1.59. The van der Waals surface area contributed by atoms with E-state index in [1.807, 2.05) is 30.3 Å². The van der Waals surface area contributed by atoms with E-state index in [-0.39, 0.29) is 18.4 Å². The lowest BCUT2D eigenvalue weighted by molar-refractivity contribution is -0.137. The monoisotopic (exact) mass is 398 g/mol. The van der Waals surface area contributed by atoms with Crippen LogP contribution in [0.5, 0.6) is 5.75 Å². The van der Waals surface area contributed by atoms with Crippen LogP contribution in [0, 0.1) is 0 Å². The molecule has 1 N–H and O–H groups in total. The standard InChI is InChI=1S/C22H26N2O5/c1-27-11-12-28-16-21(25)24-9-10-29-20-8-7-18(13-19(20)15-24)22(26)23-14-17-5-3-2-4-6-17/h2-8,13H,9-12,14-16H2,1H3,(H,23,26). The van der Waals surface area contributed by atoms with Crippen molar-refractivity contribution in [3.05, 3.63) is 65.2 Å². The second-order valence-corrected chi connectivity index (χ2v) is 6.70. The van der Waals surface area contributed by atoms with Gasteiger partial charge < -0.3 is 24.4 Å². The minimum absolute atomic E-state index is 0.00402. The Bertz CT molecular complexity index is 825. The topological polar surface area (TPSA) is 77.1 Å². The SMILES string of the molecule is COCCOCC(=O)N1CCOc2ccc(C(=O)NCc3ccccc3)cc2C1. The van der Waals surface area contributed by atoms with E-state index in [0.29, 0.717) is 50.8 Å². The molecular formula is C22H26N2O5. The molecule has 0 bridgehead atoms. The van der Waals surface area contributed by atoms with Crippen molar-refractivity contribution in [1.29, 1.82) is 0 Å². The fourth-order valence-corrected chi connectivity index (χ4v) is 3.02. The van der Waals surface area contributed by atoms with Crippen LogP contribution in [0.4, 0.5) is 0 Å². The Hall–Kier alpha value is -2.90. The number of nitrogens with one attached hydrogen (secondary N) is 1. The van der Waals surface area contributed by atoms with Crippen LogP contribution in [0.2, 0.25) is 0 Å². The molecule has 0 saturated heterocycles. The summed E-state index contributed by atoms with van der Waals surface area (Å²) in [4.78, 5) is 26.7. The van der Waals surface area contributed by atoms with E-state index in [2.05, 4.69) is 5.32 Å². The molecule has 154 valence electrons. The van der Waals surface area contributed by atoms with Crippen LogP contribution in [-0.4, -0.2) is 56.8 Å². The van der Waals surface area contributed by atoms with Crippen LogP contribution < -0.4 is 10.1 Å². The van der Waals surface area contributed by atoms with Crippen molar-refractivity contribution in [2.24, 2.45) is 0 Å². The Morgan fingerprint density at radius 3 is 2.76 bits per heavy atom. The maximum Gasteiger partial charge on any atom is 0.251 e. The smallest absolute Gasteiger partial charge is 0.251 e. The average Bonchev–Trinajstić information content (AvgIpc) is 2.97. The first-order valence-electron chi connectivity index (χ1n) is 9.59. The van der Waals surface area contributed by atoms with Crippen LogP contribution in [-0.2, 0) is 27.4 Å². The number of carbonyl (C=O) groups excluding carboxylic acids is 2. The van der Waals surface area contributed by atoms with Gasteiger partial charge in [0, 0.05) is 31.3 Å². The Labute approximate surface area is 170 Å². The van der Waals surface area contributed by atoms with Crippen LogP contribution >= 0.6 is 0 Å². The van der Waals surface area contributed by atoms with Gasteiger partial charge in [-0.2, -0.15) is 0 Å².